The van der Waals surface area contributed by atoms with Gasteiger partial charge < -0.3 is 15.8 Å². The predicted molar refractivity (Wildman–Crippen MR) is 63.1 cm³/mol. The lowest BCUT2D eigenvalue weighted by Crippen LogP contribution is -2.42. The van der Waals surface area contributed by atoms with Gasteiger partial charge in [0.2, 0.25) is 5.91 Å². The Bertz CT molecular complexity index is 383. The first-order valence-electron chi connectivity index (χ1n) is 5.45. The highest BCUT2D eigenvalue weighted by Gasteiger charge is 2.11. The Kier molecular flexibility index (Phi) is 4.90. The summed E-state index contributed by atoms with van der Waals surface area (Å²) in [6, 6.07) is 5.58. The van der Waals surface area contributed by atoms with E-state index in [0.717, 1.165) is 0 Å². The molecule has 5 heteroatoms. The summed E-state index contributed by atoms with van der Waals surface area (Å²) in [6.07, 6.45) is -0.324. The van der Waals surface area contributed by atoms with E-state index in [1.165, 1.54) is 6.07 Å². The van der Waals surface area contributed by atoms with Gasteiger partial charge in [0, 0.05) is 0 Å². The Balaban J connectivity index is 2.43. The Morgan fingerprint density at radius 3 is 2.71 bits per heavy atom. The summed E-state index contributed by atoms with van der Waals surface area (Å²) in [5.74, 6) is -0.498. The maximum absolute atomic E-state index is 13.2. The highest BCUT2D eigenvalue weighted by atomic mass is 19.1. The number of hydrogen-bond acceptors (Lipinski definition) is 3. The monoisotopic (exact) mass is 240 g/mol. The van der Waals surface area contributed by atoms with Crippen LogP contribution < -0.4 is 15.8 Å². The van der Waals surface area contributed by atoms with Gasteiger partial charge >= 0.3 is 0 Å². The molecule has 1 rings (SSSR count). The van der Waals surface area contributed by atoms with Gasteiger partial charge in [0.25, 0.3) is 0 Å². The summed E-state index contributed by atoms with van der Waals surface area (Å²) in [5.41, 5.74) is 5.39. The van der Waals surface area contributed by atoms with Gasteiger partial charge in [0.15, 0.2) is 11.6 Å². The zero-order valence-corrected chi connectivity index (χ0v) is 9.94. The normalized spacial score (nSPS) is 13.9. The van der Waals surface area contributed by atoms with Crippen LogP contribution in [0.3, 0.4) is 0 Å². The van der Waals surface area contributed by atoms with Crippen LogP contribution >= 0.6 is 0 Å². The first kappa shape index (κ1) is 13.4. The minimum atomic E-state index is -0.560. The minimum absolute atomic E-state index is 0.176. The zero-order valence-electron chi connectivity index (χ0n) is 9.94. The fourth-order valence-corrected chi connectivity index (χ4v) is 1.20. The fourth-order valence-electron chi connectivity index (χ4n) is 1.20. The van der Waals surface area contributed by atoms with E-state index in [4.69, 9.17) is 10.5 Å². The number of benzene rings is 1. The molecular formula is C12H17FN2O2. The molecule has 0 spiro atoms. The van der Waals surface area contributed by atoms with Crippen LogP contribution in [0.15, 0.2) is 24.3 Å². The third-order valence-electron chi connectivity index (χ3n) is 2.14. The SMILES string of the molecule is CC(CNC(=O)[C@@H](C)N)Oc1ccccc1F. The molecule has 0 bridgehead atoms. The highest BCUT2D eigenvalue weighted by Crippen LogP contribution is 2.16. The smallest absolute Gasteiger partial charge is 0.236 e. The molecule has 0 aromatic heterocycles. The number of nitrogens with one attached hydrogen (secondary N) is 1. The second-order valence-corrected chi connectivity index (χ2v) is 3.89. The van der Waals surface area contributed by atoms with Crippen molar-refractivity contribution in [3.63, 3.8) is 0 Å². The molecule has 0 saturated heterocycles. The van der Waals surface area contributed by atoms with E-state index in [0.29, 0.717) is 0 Å². The molecular weight excluding hydrogens is 223 g/mol. The molecule has 2 atom stereocenters. The molecule has 4 nitrogen and oxygen atoms in total. The highest BCUT2D eigenvalue weighted by molar-refractivity contribution is 5.80. The van der Waals surface area contributed by atoms with Crippen LogP contribution in [0.4, 0.5) is 4.39 Å². The van der Waals surface area contributed by atoms with Crippen molar-refractivity contribution >= 4 is 5.91 Å². The van der Waals surface area contributed by atoms with E-state index in [-0.39, 0.29) is 24.3 Å². The van der Waals surface area contributed by atoms with Crippen molar-refractivity contribution < 1.29 is 13.9 Å². The number of carbonyl (C=O) groups is 1. The summed E-state index contributed by atoms with van der Waals surface area (Å²) in [5, 5.41) is 2.61. The number of para-hydroxylation sites is 1. The second kappa shape index (κ2) is 6.20. The Hall–Kier alpha value is -1.62. The van der Waals surface area contributed by atoms with Crippen molar-refractivity contribution in [2.24, 2.45) is 5.73 Å². The lowest BCUT2D eigenvalue weighted by molar-refractivity contribution is -0.122. The molecule has 3 N–H and O–H groups in total. The molecule has 0 saturated carbocycles. The van der Waals surface area contributed by atoms with Crippen LogP contribution in [0.5, 0.6) is 5.75 Å². The van der Waals surface area contributed by atoms with Gasteiger partial charge in [-0.2, -0.15) is 0 Å². The molecule has 17 heavy (non-hydrogen) atoms. The average molecular weight is 240 g/mol. The van der Waals surface area contributed by atoms with Gasteiger partial charge in [-0.05, 0) is 26.0 Å². The third kappa shape index (κ3) is 4.40. The van der Waals surface area contributed by atoms with Crippen molar-refractivity contribution in [3.8, 4) is 5.75 Å². The Labute approximate surface area is 100.0 Å². The quantitative estimate of drug-likeness (QED) is 0.808. The third-order valence-corrected chi connectivity index (χ3v) is 2.14. The number of ether oxygens (including phenoxy) is 1. The van der Waals surface area contributed by atoms with Crippen LogP contribution in [0.1, 0.15) is 13.8 Å². The molecule has 0 aliphatic carbocycles. The van der Waals surface area contributed by atoms with Crippen molar-refractivity contribution in [1.82, 2.24) is 5.32 Å². The molecule has 94 valence electrons. The summed E-state index contributed by atoms with van der Waals surface area (Å²) < 4.78 is 18.6. The molecule has 1 unspecified atom stereocenters. The van der Waals surface area contributed by atoms with E-state index in [2.05, 4.69) is 5.32 Å². The van der Waals surface area contributed by atoms with E-state index < -0.39 is 11.9 Å². The van der Waals surface area contributed by atoms with Gasteiger partial charge in [-0.3, -0.25) is 4.79 Å². The predicted octanol–water partition coefficient (Wildman–Crippen LogP) is 1.06. The van der Waals surface area contributed by atoms with Gasteiger partial charge in [0.1, 0.15) is 6.10 Å². The summed E-state index contributed by atoms with van der Waals surface area (Å²) in [4.78, 5) is 11.2. The largest absolute Gasteiger partial charge is 0.486 e. The van der Waals surface area contributed by atoms with Crippen molar-refractivity contribution in [3.05, 3.63) is 30.1 Å². The number of carbonyl (C=O) groups excluding carboxylic acids is 1. The molecule has 0 aliphatic heterocycles. The molecule has 0 fully saturated rings. The second-order valence-electron chi connectivity index (χ2n) is 3.89. The van der Waals surface area contributed by atoms with Gasteiger partial charge in [0.05, 0.1) is 12.6 Å². The Morgan fingerprint density at radius 1 is 1.47 bits per heavy atom. The van der Waals surface area contributed by atoms with Crippen LogP contribution in [0.2, 0.25) is 0 Å². The number of nitrogens with two attached hydrogens (primary N) is 1. The average Bonchev–Trinajstić information content (AvgIpc) is 2.29. The van der Waals surface area contributed by atoms with Crippen molar-refractivity contribution in [2.75, 3.05) is 6.54 Å². The molecule has 0 heterocycles. The number of halogens is 1. The maximum Gasteiger partial charge on any atom is 0.236 e. The standard InChI is InChI=1S/C12H17FN2O2/c1-8(7-15-12(16)9(2)14)17-11-6-4-3-5-10(11)13/h3-6,8-9H,7,14H2,1-2H3,(H,15,16)/t8?,9-/m1/s1. The first-order chi connectivity index (χ1) is 8.00. The summed E-state index contributed by atoms with van der Waals surface area (Å²) >= 11 is 0. The minimum Gasteiger partial charge on any atom is -0.486 e. The molecule has 1 amide bonds. The fraction of sp³-hybridized carbons (Fsp3) is 0.417. The van der Waals surface area contributed by atoms with E-state index in [9.17, 15) is 9.18 Å². The van der Waals surface area contributed by atoms with E-state index >= 15 is 0 Å². The zero-order chi connectivity index (χ0) is 12.8. The number of rotatable bonds is 5. The van der Waals surface area contributed by atoms with Crippen LogP contribution in [-0.4, -0.2) is 24.6 Å². The van der Waals surface area contributed by atoms with E-state index in [1.54, 1.807) is 32.0 Å². The summed E-state index contributed by atoms with van der Waals surface area (Å²) in [6.45, 7) is 3.63. The van der Waals surface area contributed by atoms with Crippen LogP contribution in [0.25, 0.3) is 0 Å². The summed E-state index contributed by atoms with van der Waals surface area (Å²) in [7, 11) is 0. The topological polar surface area (TPSA) is 64.4 Å². The van der Waals surface area contributed by atoms with Gasteiger partial charge in [-0.25, -0.2) is 4.39 Å². The molecule has 1 aromatic rings. The van der Waals surface area contributed by atoms with Gasteiger partial charge in [-0.15, -0.1) is 0 Å². The van der Waals surface area contributed by atoms with E-state index in [1.807, 2.05) is 0 Å². The maximum atomic E-state index is 13.2. The molecule has 0 aliphatic rings. The molecule has 0 radical (unpaired) electrons. The Morgan fingerprint density at radius 2 is 2.12 bits per heavy atom. The molecule has 1 aromatic carbocycles. The lowest BCUT2D eigenvalue weighted by atomic mass is 10.3. The number of hydrogen-bond donors (Lipinski definition) is 2. The van der Waals surface area contributed by atoms with Crippen LogP contribution in [-0.2, 0) is 4.79 Å². The van der Waals surface area contributed by atoms with Crippen molar-refractivity contribution in [1.29, 1.82) is 0 Å². The van der Waals surface area contributed by atoms with Crippen LogP contribution in [0, 0.1) is 5.82 Å². The van der Waals surface area contributed by atoms with Gasteiger partial charge in [-0.1, -0.05) is 12.1 Å². The first-order valence-corrected chi connectivity index (χ1v) is 5.45. The number of amides is 1. The van der Waals surface area contributed by atoms with Crippen molar-refractivity contribution in [2.45, 2.75) is 26.0 Å². The lowest BCUT2D eigenvalue weighted by Gasteiger charge is -2.16.